The van der Waals surface area contributed by atoms with Crippen LogP contribution in [0.5, 0.6) is 0 Å². The zero-order valence-corrected chi connectivity index (χ0v) is 16.5. The van der Waals surface area contributed by atoms with Crippen molar-refractivity contribution in [3.05, 3.63) is 68.7 Å². The minimum absolute atomic E-state index is 0.0259. The van der Waals surface area contributed by atoms with Gasteiger partial charge in [-0.15, -0.1) is 0 Å². The van der Waals surface area contributed by atoms with E-state index in [0.29, 0.717) is 6.54 Å². The van der Waals surface area contributed by atoms with Crippen molar-refractivity contribution in [3.8, 4) is 0 Å². The lowest BCUT2D eigenvalue weighted by molar-refractivity contribution is -0.384. The average Bonchev–Trinajstić information content (AvgIpc) is 2.61. The molecule has 0 fully saturated rings. The molecule has 2 aromatic rings. The van der Waals surface area contributed by atoms with Crippen molar-refractivity contribution in [1.82, 2.24) is 10.2 Å². The van der Waals surface area contributed by atoms with Crippen LogP contribution in [-0.4, -0.2) is 50.5 Å². The molecule has 0 saturated heterocycles. The Balaban J connectivity index is 2.11. The minimum Gasteiger partial charge on any atom is -0.378 e. The minimum atomic E-state index is -0.549. The lowest BCUT2D eigenvalue weighted by atomic mass is 10.0. The van der Waals surface area contributed by atoms with Crippen molar-refractivity contribution in [2.24, 2.45) is 0 Å². The molecule has 1 amide bonds. The maximum atomic E-state index is 12.5. The predicted octanol–water partition coefficient (Wildman–Crippen LogP) is 3.35. The Hall–Kier alpha value is -2.64. The summed E-state index contributed by atoms with van der Waals surface area (Å²) >= 11 is 6.03. The van der Waals surface area contributed by atoms with Gasteiger partial charge < -0.3 is 15.1 Å². The first-order valence-corrected chi connectivity index (χ1v) is 8.74. The molecule has 144 valence electrons. The molecule has 1 atom stereocenters. The molecule has 0 bridgehead atoms. The average molecular weight is 391 g/mol. The third-order valence-electron chi connectivity index (χ3n) is 4.28. The highest BCUT2D eigenvalue weighted by Gasteiger charge is 2.18. The van der Waals surface area contributed by atoms with Crippen LogP contribution in [0.3, 0.4) is 0 Å². The molecule has 27 heavy (non-hydrogen) atoms. The molecule has 0 heterocycles. The second kappa shape index (κ2) is 8.83. The van der Waals surface area contributed by atoms with Gasteiger partial charge in [0.15, 0.2) is 0 Å². The van der Waals surface area contributed by atoms with E-state index in [1.54, 1.807) is 0 Å². The summed E-state index contributed by atoms with van der Waals surface area (Å²) in [5, 5.41) is 13.7. The molecule has 2 rings (SSSR count). The number of nitrogens with one attached hydrogen (secondary N) is 1. The number of carbonyl (C=O) groups excluding carboxylic acids is 1. The van der Waals surface area contributed by atoms with Crippen LogP contribution in [0.1, 0.15) is 22.0 Å². The maximum Gasteiger partial charge on any atom is 0.270 e. The van der Waals surface area contributed by atoms with E-state index in [2.05, 4.69) is 5.32 Å². The van der Waals surface area contributed by atoms with Gasteiger partial charge in [0, 0.05) is 38.5 Å². The Morgan fingerprint density at radius 2 is 1.78 bits per heavy atom. The Morgan fingerprint density at radius 3 is 2.26 bits per heavy atom. The lowest BCUT2D eigenvalue weighted by Gasteiger charge is -2.26. The molecule has 1 N–H and O–H groups in total. The number of amides is 1. The van der Waals surface area contributed by atoms with Gasteiger partial charge in [0.05, 0.1) is 21.6 Å². The van der Waals surface area contributed by atoms with Crippen LogP contribution in [0, 0.1) is 10.1 Å². The molecular formula is C19H23ClN4O3. The molecule has 0 aliphatic carbocycles. The van der Waals surface area contributed by atoms with Gasteiger partial charge >= 0.3 is 0 Å². The first-order valence-electron chi connectivity index (χ1n) is 8.36. The van der Waals surface area contributed by atoms with Crippen molar-refractivity contribution in [3.63, 3.8) is 0 Å². The first-order chi connectivity index (χ1) is 12.7. The number of halogens is 1. The van der Waals surface area contributed by atoms with Crippen molar-refractivity contribution < 1.29 is 9.72 Å². The Morgan fingerprint density at radius 1 is 1.15 bits per heavy atom. The van der Waals surface area contributed by atoms with E-state index < -0.39 is 4.92 Å². The Kier molecular flexibility index (Phi) is 6.76. The molecule has 0 radical (unpaired) electrons. The fraction of sp³-hybridized carbons (Fsp3) is 0.316. The fourth-order valence-corrected chi connectivity index (χ4v) is 2.94. The SMILES string of the molecule is CN(C)c1ccc(C(CNC(=O)c2ccc([N+](=O)[O-])cc2Cl)N(C)C)cc1. The molecule has 0 saturated carbocycles. The number of hydrogen-bond acceptors (Lipinski definition) is 5. The molecule has 1 unspecified atom stereocenters. The standard InChI is InChI=1S/C19H23ClN4O3/c1-22(2)14-7-5-13(6-8-14)18(23(3)4)12-21-19(25)16-10-9-15(24(26)27)11-17(16)20/h5-11,18H,12H2,1-4H3,(H,21,25). The number of hydrogen-bond donors (Lipinski definition) is 1. The summed E-state index contributed by atoms with van der Waals surface area (Å²) in [6, 6.07) is 11.9. The third-order valence-corrected chi connectivity index (χ3v) is 4.59. The third kappa shape index (κ3) is 5.18. The van der Waals surface area contributed by atoms with Crippen LogP contribution in [0.25, 0.3) is 0 Å². The number of non-ortho nitro benzene ring substituents is 1. The van der Waals surface area contributed by atoms with Crippen LogP contribution >= 0.6 is 11.6 Å². The van der Waals surface area contributed by atoms with Crippen LogP contribution < -0.4 is 10.2 Å². The number of anilines is 1. The van der Waals surface area contributed by atoms with Gasteiger partial charge in [-0.3, -0.25) is 14.9 Å². The van der Waals surface area contributed by atoms with Crippen LogP contribution in [-0.2, 0) is 0 Å². The molecule has 7 nitrogen and oxygen atoms in total. The van der Waals surface area contributed by atoms with E-state index in [4.69, 9.17) is 11.6 Å². The maximum absolute atomic E-state index is 12.5. The second-order valence-corrected chi connectivity index (χ2v) is 7.00. The molecule has 8 heteroatoms. The fourth-order valence-electron chi connectivity index (χ4n) is 2.68. The van der Waals surface area contributed by atoms with Gasteiger partial charge in [-0.1, -0.05) is 23.7 Å². The van der Waals surface area contributed by atoms with Crippen molar-refractivity contribution >= 4 is 28.9 Å². The molecule has 0 spiro atoms. The van der Waals surface area contributed by atoms with E-state index in [1.165, 1.54) is 18.2 Å². The van der Waals surface area contributed by atoms with Gasteiger partial charge in [-0.25, -0.2) is 0 Å². The topological polar surface area (TPSA) is 78.7 Å². The molecule has 0 aliphatic heterocycles. The summed E-state index contributed by atoms with van der Waals surface area (Å²) in [4.78, 5) is 26.7. The normalized spacial score (nSPS) is 11.9. The van der Waals surface area contributed by atoms with Crippen LogP contribution in [0.2, 0.25) is 5.02 Å². The molecule has 2 aromatic carbocycles. The quantitative estimate of drug-likeness (QED) is 0.579. The largest absolute Gasteiger partial charge is 0.378 e. The number of nitro benzene ring substituents is 1. The van der Waals surface area contributed by atoms with Gasteiger partial charge in [0.2, 0.25) is 0 Å². The summed E-state index contributed by atoms with van der Waals surface area (Å²) in [6.07, 6.45) is 0. The second-order valence-electron chi connectivity index (χ2n) is 6.60. The summed E-state index contributed by atoms with van der Waals surface area (Å²) in [7, 11) is 7.84. The van der Waals surface area contributed by atoms with E-state index >= 15 is 0 Å². The van der Waals surface area contributed by atoms with E-state index in [0.717, 1.165) is 11.3 Å². The number of nitrogens with zero attached hydrogens (tertiary/aromatic N) is 3. The van der Waals surface area contributed by atoms with Crippen molar-refractivity contribution in [2.45, 2.75) is 6.04 Å². The summed E-state index contributed by atoms with van der Waals surface area (Å²) < 4.78 is 0. The molecule has 0 aromatic heterocycles. The summed E-state index contributed by atoms with van der Waals surface area (Å²) in [6.45, 7) is 0.375. The Labute approximate surface area is 163 Å². The highest BCUT2D eigenvalue weighted by atomic mass is 35.5. The Bertz CT molecular complexity index is 822. The van der Waals surface area contributed by atoms with Crippen LogP contribution in [0.4, 0.5) is 11.4 Å². The zero-order valence-electron chi connectivity index (χ0n) is 15.8. The molecular weight excluding hydrogens is 368 g/mol. The monoisotopic (exact) mass is 390 g/mol. The lowest BCUT2D eigenvalue weighted by Crippen LogP contribution is -2.34. The van der Waals surface area contributed by atoms with Gasteiger partial charge in [0.1, 0.15) is 0 Å². The number of likely N-dealkylation sites (N-methyl/N-ethyl adjacent to an activating group) is 1. The smallest absolute Gasteiger partial charge is 0.270 e. The highest BCUT2D eigenvalue weighted by Crippen LogP contribution is 2.24. The highest BCUT2D eigenvalue weighted by molar-refractivity contribution is 6.34. The van der Waals surface area contributed by atoms with E-state index in [9.17, 15) is 14.9 Å². The summed E-state index contributed by atoms with van der Waals surface area (Å²) in [5.74, 6) is -0.369. The zero-order chi connectivity index (χ0) is 20.1. The van der Waals surface area contributed by atoms with Gasteiger partial charge in [-0.2, -0.15) is 0 Å². The van der Waals surface area contributed by atoms with Crippen molar-refractivity contribution in [1.29, 1.82) is 0 Å². The number of benzene rings is 2. The number of rotatable bonds is 7. The van der Waals surface area contributed by atoms with Gasteiger partial charge in [-0.05, 0) is 37.9 Å². The van der Waals surface area contributed by atoms with E-state index in [-0.39, 0.29) is 28.2 Å². The predicted molar refractivity (Wildman–Crippen MR) is 108 cm³/mol. The summed E-state index contributed by atoms with van der Waals surface area (Å²) in [5.41, 5.74) is 2.23. The van der Waals surface area contributed by atoms with E-state index in [1.807, 2.05) is 62.3 Å². The van der Waals surface area contributed by atoms with Gasteiger partial charge in [0.25, 0.3) is 11.6 Å². The first kappa shape index (κ1) is 20.7. The number of nitro groups is 1. The van der Waals surface area contributed by atoms with Crippen LogP contribution in [0.15, 0.2) is 42.5 Å². The molecule has 0 aliphatic rings. The van der Waals surface area contributed by atoms with Crippen molar-refractivity contribution in [2.75, 3.05) is 39.6 Å². The number of carbonyl (C=O) groups is 1.